The van der Waals surface area contributed by atoms with Gasteiger partial charge in [0.05, 0.1) is 17.3 Å². The van der Waals surface area contributed by atoms with E-state index in [0.29, 0.717) is 28.2 Å². The van der Waals surface area contributed by atoms with Gasteiger partial charge in [0.2, 0.25) is 0 Å². The molecule has 22 heavy (non-hydrogen) atoms. The molecule has 0 bridgehead atoms. The van der Waals surface area contributed by atoms with Crippen LogP contribution in [0.15, 0.2) is 48.0 Å². The molecule has 1 aromatic carbocycles. The SMILES string of the molecule is C=NN(C=CC)c1cc(-c2cc(C#N)cc(CF)c2)ncn1. The fraction of sp³-hybridized carbons (Fsp3) is 0.125. The van der Waals surface area contributed by atoms with Crippen LogP contribution in [0.4, 0.5) is 10.2 Å². The number of halogens is 1. The van der Waals surface area contributed by atoms with Crippen molar-refractivity contribution in [2.75, 3.05) is 5.01 Å². The molecule has 2 rings (SSSR count). The van der Waals surface area contributed by atoms with Crippen molar-refractivity contribution in [2.24, 2.45) is 5.10 Å². The van der Waals surface area contributed by atoms with E-state index in [0.717, 1.165) is 0 Å². The van der Waals surface area contributed by atoms with Gasteiger partial charge in [0.1, 0.15) is 13.0 Å². The minimum absolute atomic E-state index is 0.387. The summed E-state index contributed by atoms with van der Waals surface area (Å²) in [5, 5.41) is 14.4. The normalized spacial score (nSPS) is 10.4. The van der Waals surface area contributed by atoms with Crippen molar-refractivity contribution in [3.8, 4) is 17.3 Å². The number of alkyl halides is 1. The van der Waals surface area contributed by atoms with Crippen molar-refractivity contribution < 1.29 is 4.39 Å². The van der Waals surface area contributed by atoms with E-state index >= 15 is 0 Å². The first-order valence-corrected chi connectivity index (χ1v) is 6.53. The Morgan fingerprint density at radius 3 is 2.82 bits per heavy atom. The van der Waals surface area contributed by atoms with E-state index in [4.69, 9.17) is 5.26 Å². The molecular formula is C16H14FN5. The first kappa shape index (κ1) is 15.3. The van der Waals surface area contributed by atoms with E-state index in [2.05, 4.69) is 21.8 Å². The molecule has 0 saturated carbocycles. The number of benzene rings is 1. The van der Waals surface area contributed by atoms with Crippen LogP contribution in [0.2, 0.25) is 0 Å². The Morgan fingerprint density at radius 1 is 1.36 bits per heavy atom. The number of rotatable bonds is 5. The Labute approximate surface area is 128 Å². The van der Waals surface area contributed by atoms with Gasteiger partial charge in [-0.2, -0.15) is 10.4 Å². The molecule has 6 heteroatoms. The van der Waals surface area contributed by atoms with Gasteiger partial charge in [0.15, 0.2) is 5.82 Å². The zero-order valence-electron chi connectivity index (χ0n) is 12.1. The second-order valence-electron chi connectivity index (χ2n) is 4.39. The number of nitrogens with zero attached hydrogens (tertiary/aromatic N) is 5. The largest absolute Gasteiger partial charge is 0.246 e. The van der Waals surface area contributed by atoms with Crippen molar-refractivity contribution >= 4 is 12.5 Å². The Morgan fingerprint density at radius 2 is 2.18 bits per heavy atom. The molecule has 0 aliphatic heterocycles. The molecule has 1 aromatic heterocycles. The highest BCUT2D eigenvalue weighted by atomic mass is 19.1. The van der Waals surface area contributed by atoms with E-state index in [1.807, 2.05) is 13.0 Å². The van der Waals surface area contributed by atoms with E-state index in [9.17, 15) is 4.39 Å². The smallest absolute Gasteiger partial charge is 0.157 e. The molecule has 110 valence electrons. The summed E-state index contributed by atoms with van der Waals surface area (Å²) in [6.45, 7) is 4.70. The zero-order chi connectivity index (χ0) is 15.9. The summed E-state index contributed by atoms with van der Waals surface area (Å²) in [5.41, 5.74) is 2.05. The minimum Gasteiger partial charge on any atom is -0.246 e. The van der Waals surface area contributed by atoms with Crippen LogP contribution in [-0.4, -0.2) is 16.7 Å². The lowest BCUT2D eigenvalue weighted by Gasteiger charge is -2.13. The summed E-state index contributed by atoms with van der Waals surface area (Å²) in [5.74, 6) is 0.530. The highest BCUT2D eigenvalue weighted by Crippen LogP contribution is 2.24. The number of nitriles is 1. The molecule has 0 aliphatic rings. The molecule has 0 radical (unpaired) electrons. The maximum absolute atomic E-state index is 12.9. The Balaban J connectivity index is 2.50. The van der Waals surface area contributed by atoms with E-state index in [1.54, 1.807) is 30.5 Å². The van der Waals surface area contributed by atoms with Crippen LogP contribution in [0.5, 0.6) is 0 Å². The number of hydrogen-bond acceptors (Lipinski definition) is 5. The van der Waals surface area contributed by atoms with Gasteiger partial charge < -0.3 is 0 Å². The van der Waals surface area contributed by atoms with Crippen LogP contribution in [0.1, 0.15) is 18.1 Å². The van der Waals surface area contributed by atoms with Gasteiger partial charge in [-0.1, -0.05) is 6.08 Å². The highest BCUT2D eigenvalue weighted by molar-refractivity contribution is 5.65. The van der Waals surface area contributed by atoms with Crippen molar-refractivity contribution in [3.05, 3.63) is 54.0 Å². The van der Waals surface area contributed by atoms with Crippen molar-refractivity contribution in [1.82, 2.24) is 9.97 Å². The molecule has 0 unspecified atom stereocenters. The van der Waals surface area contributed by atoms with Crippen molar-refractivity contribution in [2.45, 2.75) is 13.6 Å². The lowest BCUT2D eigenvalue weighted by Crippen LogP contribution is -2.08. The van der Waals surface area contributed by atoms with Crippen molar-refractivity contribution in [3.63, 3.8) is 0 Å². The van der Waals surface area contributed by atoms with E-state index in [-0.39, 0.29) is 0 Å². The number of allylic oxidation sites excluding steroid dienone is 1. The Kier molecular flexibility index (Phi) is 4.94. The van der Waals surface area contributed by atoms with Gasteiger partial charge in [-0.3, -0.25) is 0 Å². The first-order chi connectivity index (χ1) is 10.7. The number of hydrazone groups is 1. The predicted molar refractivity (Wildman–Crippen MR) is 83.8 cm³/mol. The monoisotopic (exact) mass is 295 g/mol. The quantitative estimate of drug-likeness (QED) is 0.626. The molecule has 0 fully saturated rings. The van der Waals surface area contributed by atoms with Crippen LogP contribution in [0, 0.1) is 11.3 Å². The minimum atomic E-state index is -0.640. The molecule has 2 aromatic rings. The number of hydrogen-bond donors (Lipinski definition) is 0. The number of aromatic nitrogens is 2. The van der Waals surface area contributed by atoms with Crippen LogP contribution in [0.3, 0.4) is 0 Å². The van der Waals surface area contributed by atoms with Gasteiger partial charge in [0.25, 0.3) is 0 Å². The van der Waals surface area contributed by atoms with E-state index < -0.39 is 6.67 Å². The lowest BCUT2D eigenvalue weighted by molar-refractivity contribution is 0.485. The highest BCUT2D eigenvalue weighted by Gasteiger charge is 2.08. The van der Waals surface area contributed by atoms with Crippen LogP contribution >= 0.6 is 0 Å². The second-order valence-corrected chi connectivity index (χ2v) is 4.39. The lowest BCUT2D eigenvalue weighted by atomic mass is 10.0. The van der Waals surface area contributed by atoms with Crippen LogP contribution in [0.25, 0.3) is 11.3 Å². The second kappa shape index (κ2) is 7.09. The van der Waals surface area contributed by atoms with Gasteiger partial charge in [-0.15, -0.1) is 0 Å². The van der Waals surface area contributed by atoms with Gasteiger partial charge in [-0.25, -0.2) is 19.4 Å². The molecule has 1 heterocycles. The summed E-state index contributed by atoms with van der Waals surface area (Å²) in [7, 11) is 0. The van der Waals surface area contributed by atoms with Crippen molar-refractivity contribution in [1.29, 1.82) is 5.26 Å². The van der Waals surface area contributed by atoms with Crippen LogP contribution < -0.4 is 5.01 Å². The van der Waals surface area contributed by atoms with E-state index in [1.165, 1.54) is 17.4 Å². The fourth-order valence-electron chi connectivity index (χ4n) is 1.95. The standard InChI is InChI=1S/C16H14FN5/c1-3-4-22(19-2)16-8-15(20-11-21-16)14-6-12(9-17)5-13(7-14)10-18/h3-8,11H,2,9H2,1H3. The molecule has 0 aliphatic carbocycles. The van der Waals surface area contributed by atoms with Gasteiger partial charge in [0, 0.05) is 24.5 Å². The average Bonchev–Trinajstić information content (AvgIpc) is 2.59. The number of anilines is 1. The third kappa shape index (κ3) is 3.33. The summed E-state index contributed by atoms with van der Waals surface area (Å²) in [6.07, 6.45) is 4.90. The average molecular weight is 295 g/mol. The molecule has 0 N–H and O–H groups in total. The molecule has 0 spiro atoms. The molecule has 0 atom stereocenters. The third-order valence-electron chi connectivity index (χ3n) is 2.90. The summed E-state index contributed by atoms with van der Waals surface area (Å²) in [6, 6.07) is 8.56. The van der Waals surface area contributed by atoms with Gasteiger partial charge in [-0.05, 0) is 30.7 Å². The van der Waals surface area contributed by atoms with Crippen LogP contribution in [-0.2, 0) is 6.67 Å². The molecule has 0 amide bonds. The maximum Gasteiger partial charge on any atom is 0.157 e. The fourth-order valence-corrected chi connectivity index (χ4v) is 1.95. The molecule has 5 nitrogen and oxygen atoms in total. The molecule has 0 saturated heterocycles. The Bertz CT molecular complexity index is 748. The first-order valence-electron chi connectivity index (χ1n) is 6.53. The molecular weight excluding hydrogens is 281 g/mol. The summed E-state index contributed by atoms with van der Waals surface area (Å²) >= 11 is 0. The zero-order valence-corrected chi connectivity index (χ0v) is 12.1. The summed E-state index contributed by atoms with van der Waals surface area (Å²) in [4.78, 5) is 8.31. The topological polar surface area (TPSA) is 65.2 Å². The Hall–Kier alpha value is -3.07. The van der Waals surface area contributed by atoms with Gasteiger partial charge >= 0.3 is 0 Å². The predicted octanol–water partition coefficient (Wildman–Crippen LogP) is 3.44. The summed E-state index contributed by atoms with van der Waals surface area (Å²) < 4.78 is 12.9. The third-order valence-corrected chi connectivity index (χ3v) is 2.90. The maximum atomic E-state index is 12.9.